The summed E-state index contributed by atoms with van der Waals surface area (Å²) in [6.45, 7) is 4.74. The molecule has 2 aromatic heterocycles. The van der Waals surface area contributed by atoms with E-state index in [0.717, 1.165) is 22.9 Å². The van der Waals surface area contributed by atoms with Crippen molar-refractivity contribution < 1.29 is 4.74 Å². The maximum atomic E-state index is 5.19. The van der Waals surface area contributed by atoms with Crippen LogP contribution in [0.4, 0.5) is 5.82 Å². The summed E-state index contributed by atoms with van der Waals surface area (Å²) in [5, 5.41) is 4.71. The number of methoxy groups -OCH3 is 1. The Morgan fingerprint density at radius 1 is 1.37 bits per heavy atom. The van der Waals surface area contributed by atoms with Gasteiger partial charge in [-0.05, 0) is 38.7 Å². The largest absolute Gasteiger partial charge is 0.383 e. The average Bonchev–Trinajstić information content (AvgIpc) is 2.87. The fourth-order valence-electron chi connectivity index (χ4n) is 2.73. The van der Waals surface area contributed by atoms with E-state index in [1.165, 1.54) is 28.7 Å². The Hall–Kier alpha value is -1.20. The molecule has 1 unspecified atom stereocenters. The second kappa shape index (κ2) is 5.06. The van der Waals surface area contributed by atoms with E-state index in [1.807, 2.05) is 18.3 Å². The third-order valence-electron chi connectivity index (χ3n) is 3.48. The van der Waals surface area contributed by atoms with Gasteiger partial charge in [-0.2, -0.15) is 0 Å². The highest BCUT2D eigenvalue weighted by Gasteiger charge is 2.22. The Labute approximate surface area is 117 Å². The zero-order valence-corrected chi connectivity index (χ0v) is 12.4. The fourth-order valence-corrected chi connectivity index (χ4v) is 4.04. The smallest absolute Gasteiger partial charge is 0.139 e. The van der Waals surface area contributed by atoms with Crippen molar-refractivity contribution in [3.63, 3.8) is 0 Å². The van der Waals surface area contributed by atoms with E-state index in [0.29, 0.717) is 6.61 Å². The molecule has 0 saturated heterocycles. The van der Waals surface area contributed by atoms with E-state index in [4.69, 9.17) is 4.74 Å². The third kappa shape index (κ3) is 2.32. The SMILES string of the molecule is COCC(C)Nc1nc(C)nc2sc3c(c12)CCC3. The number of thiophene rings is 1. The van der Waals surface area contributed by atoms with Gasteiger partial charge in [-0.3, -0.25) is 0 Å². The van der Waals surface area contributed by atoms with Crippen LogP contribution in [0.15, 0.2) is 0 Å². The summed E-state index contributed by atoms with van der Waals surface area (Å²) >= 11 is 1.83. The van der Waals surface area contributed by atoms with E-state index in [1.54, 1.807) is 7.11 Å². The van der Waals surface area contributed by atoms with Crippen LogP contribution in [0.1, 0.15) is 29.6 Å². The standard InChI is InChI=1S/C14H19N3OS/c1-8(7-18-3)15-13-12-10-5-4-6-11(10)19-14(12)17-9(2)16-13/h8H,4-7H2,1-3H3,(H,15,16,17). The van der Waals surface area contributed by atoms with Gasteiger partial charge in [-0.15, -0.1) is 11.3 Å². The van der Waals surface area contributed by atoms with Crippen LogP contribution >= 0.6 is 11.3 Å². The number of aryl methyl sites for hydroxylation is 3. The number of rotatable bonds is 4. The third-order valence-corrected chi connectivity index (χ3v) is 4.66. The molecule has 1 aliphatic rings. The summed E-state index contributed by atoms with van der Waals surface area (Å²) in [5.74, 6) is 1.81. The first-order valence-corrected chi connectivity index (χ1v) is 7.55. The number of nitrogens with zero attached hydrogens (tertiary/aromatic N) is 2. The fraction of sp³-hybridized carbons (Fsp3) is 0.571. The molecule has 1 aliphatic carbocycles. The van der Waals surface area contributed by atoms with Crippen molar-refractivity contribution in [1.82, 2.24) is 9.97 Å². The minimum absolute atomic E-state index is 0.249. The van der Waals surface area contributed by atoms with Gasteiger partial charge in [0.15, 0.2) is 0 Å². The van der Waals surface area contributed by atoms with Crippen molar-refractivity contribution in [2.24, 2.45) is 0 Å². The van der Waals surface area contributed by atoms with Gasteiger partial charge in [0.25, 0.3) is 0 Å². The van der Waals surface area contributed by atoms with E-state index in [-0.39, 0.29) is 6.04 Å². The second-order valence-corrected chi connectivity index (χ2v) is 6.24. The molecule has 0 spiro atoms. The predicted molar refractivity (Wildman–Crippen MR) is 79.1 cm³/mol. The molecular weight excluding hydrogens is 258 g/mol. The zero-order valence-electron chi connectivity index (χ0n) is 11.6. The van der Waals surface area contributed by atoms with Crippen LogP contribution in [0.5, 0.6) is 0 Å². The second-order valence-electron chi connectivity index (χ2n) is 5.16. The van der Waals surface area contributed by atoms with Crippen LogP contribution < -0.4 is 5.32 Å². The lowest BCUT2D eigenvalue weighted by Gasteiger charge is -2.15. The zero-order chi connectivity index (χ0) is 13.4. The number of hydrogen-bond acceptors (Lipinski definition) is 5. The molecule has 0 aliphatic heterocycles. The summed E-state index contributed by atoms with van der Waals surface area (Å²) < 4.78 is 5.19. The van der Waals surface area contributed by atoms with Crippen molar-refractivity contribution in [2.45, 2.75) is 39.2 Å². The molecule has 4 nitrogen and oxygen atoms in total. The first kappa shape index (κ1) is 12.8. The van der Waals surface area contributed by atoms with Crippen molar-refractivity contribution >= 4 is 27.4 Å². The lowest BCUT2D eigenvalue weighted by molar-refractivity contribution is 0.190. The number of hydrogen-bond donors (Lipinski definition) is 1. The molecule has 2 heterocycles. The highest BCUT2D eigenvalue weighted by Crippen LogP contribution is 2.39. The van der Waals surface area contributed by atoms with Crippen molar-refractivity contribution in [1.29, 1.82) is 0 Å². The molecule has 5 heteroatoms. The summed E-state index contributed by atoms with van der Waals surface area (Å²) in [4.78, 5) is 11.8. The summed E-state index contributed by atoms with van der Waals surface area (Å²) in [6, 6.07) is 0.249. The highest BCUT2D eigenvalue weighted by molar-refractivity contribution is 7.19. The van der Waals surface area contributed by atoms with E-state index < -0.39 is 0 Å². The normalized spacial score (nSPS) is 15.7. The molecule has 0 fully saturated rings. The summed E-state index contributed by atoms with van der Waals surface area (Å²) in [5.41, 5.74) is 1.46. The molecule has 0 bridgehead atoms. The quantitative estimate of drug-likeness (QED) is 0.933. The molecule has 0 radical (unpaired) electrons. The van der Waals surface area contributed by atoms with Gasteiger partial charge in [0.1, 0.15) is 16.5 Å². The molecule has 1 N–H and O–H groups in total. The molecule has 0 aromatic carbocycles. The maximum absolute atomic E-state index is 5.19. The molecule has 19 heavy (non-hydrogen) atoms. The molecule has 0 amide bonds. The van der Waals surface area contributed by atoms with Gasteiger partial charge < -0.3 is 10.1 Å². The molecule has 102 valence electrons. The molecule has 3 rings (SSSR count). The van der Waals surface area contributed by atoms with Gasteiger partial charge in [0.2, 0.25) is 0 Å². The average molecular weight is 277 g/mol. The van der Waals surface area contributed by atoms with Gasteiger partial charge in [-0.1, -0.05) is 0 Å². The Balaban J connectivity index is 2.06. The summed E-state index contributed by atoms with van der Waals surface area (Å²) in [7, 11) is 1.72. The Bertz CT molecular complexity index is 608. The minimum atomic E-state index is 0.249. The van der Waals surface area contributed by atoms with Crippen LogP contribution in [0.2, 0.25) is 0 Å². The van der Waals surface area contributed by atoms with Gasteiger partial charge in [-0.25, -0.2) is 9.97 Å². The number of aromatic nitrogens is 2. The van der Waals surface area contributed by atoms with Crippen LogP contribution in [0.3, 0.4) is 0 Å². The first-order valence-electron chi connectivity index (χ1n) is 6.73. The lowest BCUT2D eigenvalue weighted by atomic mass is 10.2. The van der Waals surface area contributed by atoms with Crippen LogP contribution in [0.25, 0.3) is 10.2 Å². The van der Waals surface area contributed by atoms with Crippen LogP contribution in [0, 0.1) is 6.92 Å². The minimum Gasteiger partial charge on any atom is -0.383 e. The molecule has 1 atom stereocenters. The lowest BCUT2D eigenvalue weighted by Crippen LogP contribution is -2.22. The van der Waals surface area contributed by atoms with Crippen LogP contribution in [-0.4, -0.2) is 29.7 Å². The molecular formula is C14H19N3OS. The van der Waals surface area contributed by atoms with Gasteiger partial charge in [0.05, 0.1) is 12.0 Å². The predicted octanol–water partition coefficient (Wildman–Crippen LogP) is 2.94. The number of ether oxygens (including phenoxy) is 1. The monoisotopic (exact) mass is 277 g/mol. The van der Waals surface area contributed by atoms with E-state index in [2.05, 4.69) is 22.2 Å². The number of fused-ring (bicyclic) bond motifs is 3. The topological polar surface area (TPSA) is 47.0 Å². The number of nitrogens with one attached hydrogen (secondary N) is 1. The Kier molecular flexibility index (Phi) is 3.41. The van der Waals surface area contributed by atoms with Gasteiger partial charge in [0, 0.05) is 18.0 Å². The summed E-state index contributed by atoms with van der Waals surface area (Å²) in [6.07, 6.45) is 3.62. The van der Waals surface area contributed by atoms with Crippen molar-refractivity contribution in [3.8, 4) is 0 Å². The highest BCUT2D eigenvalue weighted by atomic mass is 32.1. The maximum Gasteiger partial charge on any atom is 0.139 e. The Morgan fingerprint density at radius 2 is 2.21 bits per heavy atom. The van der Waals surface area contributed by atoms with Crippen molar-refractivity contribution in [2.75, 3.05) is 19.0 Å². The molecule has 2 aromatic rings. The van der Waals surface area contributed by atoms with Crippen LogP contribution in [-0.2, 0) is 17.6 Å². The van der Waals surface area contributed by atoms with E-state index >= 15 is 0 Å². The molecule has 0 saturated carbocycles. The van der Waals surface area contributed by atoms with E-state index in [9.17, 15) is 0 Å². The first-order chi connectivity index (χ1) is 9.19. The number of anilines is 1. The Morgan fingerprint density at radius 3 is 3.00 bits per heavy atom. The van der Waals surface area contributed by atoms with Gasteiger partial charge >= 0.3 is 0 Å². The van der Waals surface area contributed by atoms with Crippen molar-refractivity contribution in [3.05, 3.63) is 16.3 Å².